The minimum atomic E-state index is -0.200. The van der Waals surface area contributed by atoms with Crippen molar-refractivity contribution in [1.82, 2.24) is 14.5 Å². The van der Waals surface area contributed by atoms with Crippen LogP contribution in [-0.2, 0) is 11.3 Å². The molecule has 0 unspecified atom stereocenters. The van der Waals surface area contributed by atoms with E-state index in [4.69, 9.17) is 17.0 Å². The van der Waals surface area contributed by atoms with Crippen LogP contribution in [0.25, 0.3) is 22.2 Å². The Bertz CT molecular complexity index is 892. The van der Waals surface area contributed by atoms with Gasteiger partial charge in [-0.05, 0) is 18.3 Å². The first kappa shape index (κ1) is 13.8. The van der Waals surface area contributed by atoms with Crippen molar-refractivity contribution in [2.24, 2.45) is 0 Å². The molecule has 0 aliphatic rings. The van der Waals surface area contributed by atoms with E-state index in [0.717, 1.165) is 22.2 Å². The van der Waals surface area contributed by atoms with Gasteiger partial charge in [0.15, 0.2) is 4.77 Å². The first-order valence-electron chi connectivity index (χ1n) is 6.60. The number of H-pyrrole nitrogens is 2. The predicted molar refractivity (Wildman–Crippen MR) is 85.1 cm³/mol. The molecule has 0 fully saturated rings. The van der Waals surface area contributed by atoms with Gasteiger partial charge < -0.3 is 14.3 Å². The van der Waals surface area contributed by atoms with E-state index in [0.29, 0.717) is 17.9 Å². The summed E-state index contributed by atoms with van der Waals surface area (Å²) in [6.07, 6.45) is 1.90. The second-order valence-electron chi connectivity index (χ2n) is 4.72. The van der Waals surface area contributed by atoms with Crippen LogP contribution in [0.4, 0.5) is 0 Å². The second-order valence-corrected chi connectivity index (χ2v) is 5.10. The molecule has 0 spiro atoms. The lowest BCUT2D eigenvalue weighted by molar-refractivity contribution is 0.187. The van der Waals surface area contributed by atoms with Gasteiger partial charge in [-0.3, -0.25) is 9.78 Å². The summed E-state index contributed by atoms with van der Waals surface area (Å²) >= 11 is 5.28. The van der Waals surface area contributed by atoms with Crippen molar-refractivity contribution in [2.45, 2.75) is 6.54 Å². The summed E-state index contributed by atoms with van der Waals surface area (Å²) in [4.78, 5) is 17.7. The van der Waals surface area contributed by atoms with Gasteiger partial charge in [0.2, 0.25) is 0 Å². The van der Waals surface area contributed by atoms with Crippen LogP contribution in [0.15, 0.2) is 41.3 Å². The Labute approximate surface area is 126 Å². The smallest absolute Gasteiger partial charge is 0.252 e. The van der Waals surface area contributed by atoms with E-state index in [-0.39, 0.29) is 5.56 Å². The van der Waals surface area contributed by atoms with E-state index in [9.17, 15) is 4.79 Å². The van der Waals surface area contributed by atoms with E-state index in [1.807, 2.05) is 35.0 Å². The molecule has 2 aromatic heterocycles. The first-order chi connectivity index (χ1) is 10.2. The molecule has 6 heteroatoms. The third-order valence-electron chi connectivity index (χ3n) is 3.42. The maximum atomic E-state index is 11.8. The number of ether oxygens (including phenoxy) is 1. The molecule has 108 valence electrons. The highest BCUT2D eigenvalue weighted by molar-refractivity contribution is 7.71. The van der Waals surface area contributed by atoms with Gasteiger partial charge in [-0.2, -0.15) is 0 Å². The minimum absolute atomic E-state index is 0.200. The van der Waals surface area contributed by atoms with Crippen LogP contribution >= 0.6 is 12.2 Å². The molecule has 0 saturated carbocycles. The Kier molecular flexibility index (Phi) is 3.72. The maximum Gasteiger partial charge on any atom is 0.252 e. The number of nitrogens with zero attached hydrogens (tertiary/aromatic N) is 1. The van der Waals surface area contributed by atoms with Crippen molar-refractivity contribution in [1.29, 1.82) is 0 Å². The molecule has 2 N–H and O–H groups in total. The van der Waals surface area contributed by atoms with Crippen LogP contribution in [0.1, 0.15) is 0 Å². The zero-order valence-electron chi connectivity index (χ0n) is 11.6. The van der Waals surface area contributed by atoms with E-state index in [2.05, 4.69) is 9.97 Å². The predicted octanol–water partition coefficient (Wildman–Crippen LogP) is 2.70. The fourth-order valence-electron chi connectivity index (χ4n) is 2.43. The number of hydrogen-bond acceptors (Lipinski definition) is 3. The average molecular weight is 301 g/mol. The van der Waals surface area contributed by atoms with Gasteiger partial charge in [0.05, 0.1) is 12.3 Å². The molecule has 21 heavy (non-hydrogen) atoms. The third-order valence-corrected chi connectivity index (χ3v) is 3.74. The lowest BCUT2D eigenvalue weighted by atomic mass is 10.1. The van der Waals surface area contributed by atoms with E-state index < -0.39 is 0 Å². The molecular weight excluding hydrogens is 286 g/mol. The molecule has 0 bridgehead atoms. The fraction of sp³-hybridized carbons (Fsp3) is 0.200. The Balaban J connectivity index is 2.26. The topological polar surface area (TPSA) is 62.8 Å². The summed E-state index contributed by atoms with van der Waals surface area (Å²) in [6, 6.07) is 9.53. The number of hydrogen-bond donors (Lipinski definition) is 2. The highest BCUT2D eigenvalue weighted by Crippen LogP contribution is 2.27. The normalized spacial score (nSPS) is 11.1. The number of fused-ring (bicyclic) bond motifs is 1. The number of rotatable bonds is 4. The first-order valence-corrected chi connectivity index (χ1v) is 7.01. The van der Waals surface area contributed by atoms with Crippen LogP contribution in [0.5, 0.6) is 0 Å². The molecule has 0 aliphatic carbocycles. The maximum absolute atomic E-state index is 11.8. The molecule has 0 radical (unpaired) electrons. The Hall–Kier alpha value is -2.18. The zero-order chi connectivity index (χ0) is 14.8. The molecule has 1 aromatic carbocycles. The molecule has 3 rings (SSSR count). The van der Waals surface area contributed by atoms with Crippen molar-refractivity contribution >= 4 is 23.1 Å². The molecule has 0 aliphatic heterocycles. The summed E-state index contributed by atoms with van der Waals surface area (Å²) < 4.78 is 7.41. The molecule has 5 nitrogen and oxygen atoms in total. The van der Waals surface area contributed by atoms with E-state index >= 15 is 0 Å². The zero-order valence-corrected chi connectivity index (χ0v) is 12.4. The molecule has 0 amide bonds. The SMILES string of the molecule is COCCn1c(-c2c[nH]c3ccccc23)cc(=O)[nH]c1=S. The van der Waals surface area contributed by atoms with E-state index in [1.54, 1.807) is 13.2 Å². The highest BCUT2D eigenvalue weighted by atomic mass is 32.1. The van der Waals surface area contributed by atoms with Crippen LogP contribution in [0.3, 0.4) is 0 Å². The van der Waals surface area contributed by atoms with E-state index in [1.165, 1.54) is 0 Å². The van der Waals surface area contributed by atoms with Gasteiger partial charge in [0.25, 0.3) is 5.56 Å². The van der Waals surface area contributed by atoms with Crippen molar-refractivity contribution in [2.75, 3.05) is 13.7 Å². The second kappa shape index (κ2) is 5.67. The van der Waals surface area contributed by atoms with Gasteiger partial charge in [0, 0.05) is 42.4 Å². The van der Waals surface area contributed by atoms with Crippen LogP contribution in [0.2, 0.25) is 0 Å². The van der Waals surface area contributed by atoms with Crippen LogP contribution < -0.4 is 5.56 Å². The van der Waals surface area contributed by atoms with Gasteiger partial charge in [-0.15, -0.1) is 0 Å². The summed E-state index contributed by atoms with van der Waals surface area (Å²) in [5.74, 6) is 0. The highest BCUT2D eigenvalue weighted by Gasteiger charge is 2.11. The lowest BCUT2D eigenvalue weighted by Crippen LogP contribution is -2.16. The van der Waals surface area contributed by atoms with Crippen molar-refractivity contribution in [3.63, 3.8) is 0 Å². The number of methoxy groups -OCH3 is 1. The van der Waals surface area contributed by atoms with Gasteiger partial charge in [-0.1, -0.05) is 18.2 Å². The van der Waals surface area contributed by atoms with Crippen LogP contribution in [-0.4, -0.2) is 28.3 Å². The number of benzene rings is 1. The summed E-state index contributed by atoms with van der Waals surface area (Å²) in [5, 5.41) is 1.06. The largest absolute Gasteiger partial charge is 0.383 e. The van der Waals surface area contributed by atoms with Crippen molar-refractivity contribution < 1.29 is 4.74 Å². The minimum Gasteiger partial charge on any atom is -0.383 e. The van der Waals surface area contributed by atoms with Gasteiger partial charge >= 0.3 is 0 Å². The van der Waals surface area contributed by atoms with Gasteiger partial charge in [-0.25, -0.2) is 0 Å². The third kappa shape index (κ3) is 2.55. The molecule has 0 atom stereocenters. The summed E-state index contributed by atoms with van der Waals surface area (Å²) in [5.41, 5.74) is 2.57. The average Bonchev–Trinajstić information content (AvgIpc) is 2.89. The summed E-state index contributed by atoms with van der Waals surface area (Å²) in [7, 11) is 1.64. The fourth-order valence-corrected chi connectivity index (χ4v) is 2.72. The number of nitrogens with one attached hydrogen (secondary N) is 2. The molecule has 0 saturated heterocycles. The van der Waals surface area contributed by atoms with Crippen LogP contribution in [0, 0.1) is 4.77 Å². The number of para-hydroxylation sites is 1. The standard InChI is InChI=1S/C15H15N3O2S/c1-20-7-6-18-13(8-14(19)17-15(18)21)11-9-16-12-5-3-2-4-10(11)12/h2-5,8-9,16H,6-7H2,1H3,(H,17,19,21). The number of aromatic amines is 2. The quantitative estimate of drug-likeness (QED) is 0.728. The monoisotopic (exact) mass is 301 g/mol. The Morgan fingerprint density at radius 3 is 2.95 bits per heavy atom. The lowest BCUT2D eigenvalue weighted by Gasteiger charge is -2.12. The molecule has 2 heterocycles. The Morgan fingerprint density at radius 1 is 1.33 bits per heavy atom. The van der Waals surface area contributed by atoms with Gasteiger partial charge in [0.1, 0.15) is 0 Å². The number of aromatic nitrogens is 3. The van der Waals surface area contributed by atoms with Crippen molar-refractivity contribution in [3.8, 4) is 11.3 Å². The van der Waals surface area contributed by atoms with Crippen molar-refractivity contribution in [3.05, 3.63) is 51.7 Å². The Morgan fingerprint density at radius 2 is 2.14 bits per heavy atom. The molecular formula is C15H15N3O2S. The summed E-state index contributed by atoms with van der Waals surface area (Å²) in [6.45, 7) is 1.11. The molecule has 3 aromatic rings.